The van der Waals surface area contributed by atoms with Gasteiger partial charge in [0.1, 0.15) is 17.4 Å². The lowest BCUT2D eigenvalue weighted by Crippen LogP contribution is -2.48. The van der Waals surface area contributed by atoms with E-state index in [0.717, 1.165) is 51.5 Å². The van der Waals surface area contributed by atoms with Gasteiger partial charge in [-0.05, 0) is 61.6 Å². The van der Waals surface area contributed by atoms with Crippen LogP contribution in [0.3, 0.4) is 0 Å². The first-order valence-electron chi connectivity index (χ1n) is 12.4. The van der Waals surface area contributed by atoms with Crippen LogP contribution in [0.5, 0.6) is 5.75 Å². The Balaban J connectivity index is 1.46. The van der Waals surface area contributed by atoms with E-state index < -0.39 is 17.8 Å². The summed E-state index contributed by atoms with van der Waals surface area (Å²) in [6.45, 7) is 6.01. The predicted molar refractivity (Wildman–Crippen MR) is 138 cm³/mol. The van der Waals surface area contributed by atoms with Crippen LogP contribution in [-0.2, 0) is 24.2 Å². The second-order valence-corrected chi connectivity index (χ2v) is 9.53. The second kappa shape index (κ2) is 9.54. The predicted octanol–water partition coefficient (Wildman–Crippen LogP) is 5.17. The van der Waals surface area contributed by atoms with Crippen LogP contribution >= 0.6 is 0 Å². The maximum absolute atomic E-state index is 13.6. The highest BCUT2D eigenvalue weighted by Gasteiger charge is 2.35. The molecule has 2 atom stereocenters. The van der Waals surface area contributed by atoms with Crippen molar-refractivity contribution in [2.75, 3.05) is 0 Å². The van der Waals surface area contributed by atoms with Crippen LogP contribution in [-0.4, -0.2) is 27.9 Å². The first-order valence-corrected chi connectivity index (χ1v) is 12.4. The Morgan fingerprint density at radius 2 is 2.11 bits per heavy atom. The molecule has 0 saturated carbocycles. The number of benzene rings is 2. The van der Waals surface area contributed by atoms with Crippen molar-refractivity contribution in [2.45, 2.75) is 65.1 Å². The molecule has 36 heavy (non-hydrogen) atoms. The Kier molecular flexibility index (Phi) is 6.27. The van der Waals surface area contributed by atoms with E-state index in [2.05, 4.69) is 18.0 Å². The van der Waals surface area contributed by atoms with Crippen molar-refractivity contribution < 1.29 is 13.9 Å². The molecule has 1 amide bonds. The van der Waals surface area contributed by atoms with E-state index in [1.165, 1.54) is 6.07 Å². The van der Waals surface area contributed by atoms with Crippen LogP contribution in [0.4, 0.5) is 0 Å². The van der Waals surface area contributed by atoms with Crippen LogP contribution in [0.1, 0.15) is 49.1 Å². The van der Waals surface area contributed by atoms with Gasteiger partial charge in [-0.3, -0.25) is 4.79 Å². The fourth-order valence-electron chi connectivity index (χ4n) is 5.16. The van der Waals surface area contributed by atoms with Gasteiger partial charge in [0.05, 0.1) is 18.0 Å². The SMILES string of the molecule is CCCCc1cc(=O)oc2cc(C)cc(O[C@H](C)C(=O)N3Cc4[nH]c5ccccc5c4C[C@H]3C#N)c12. The van der Waals surface area contributed by atoms with E-state index in [9.17, 15) is 14.9 Å². The molecule has 1 aliphatic rings. The number of nitrogens with one attached hydrogen (secondary N) is 1. The summed E-state index contributed by atoms with van der Waals surface area (Å²) in [6, 6.07) is 14.9. The molecule has 0 bridgehead atoms. The molecule has 1 aliphatic heterocycles. The Hall–Kier alpha value is -4.05. The molecule has 0 unspecified atom stereocenters. The number of amides is 1. The number of hydrogen-bond donors (Lipinski definition) is 1. The normalized spacial score (nSPS) is 16.1. The zero-order chi connectivity index (χ0) is 25.4. The van der Waals surface area contributed by atoms with Crippen LogP contribution in [0, 0.1) is 18.3 Å². The van der Waals surface area contributed by atoms with Crippen molar-refractivity contribution in [3.05, 3.63) is 75.3 Å². The fraction of sp³-hybridized carbons (Fsp3) is 0.345. The van der Waals surface area contributed by atoms with Crippen molar-refractivity contribution in [2.24, 2.45) is 0 Å². The monoisotopic (exact) mass is 483 g/mol. The maximum atomic E-state index is 13.6. The number of aromatic nitrogens is 1. The van der Waals surface area contributed by atoms with Crippen molar-refractivity contribution in [3.63, 3.8) is 0 Å². The summed E-state index contributed by atoms with van der Waals surface area (Å²) in [7, 11) is 0. The molecule has 3 heterocycles. The summed E-state index contributed by atoms with van der Waals surface area (Å²) in [5.41, 5.74) is 4.83. The molecule has 184 valence electrons. The fourth-order valence-corrected chi connectivity index (χ4v) is 5.16. The molecule has 2 aromatic heterocycles. The van der Waals surface area contributed by atoms with E-state index in [4.69, 9.17) is 9.15 Å². The van der Waals surface area contributed by atoms with Crippen LogP contribution in [0.15, 0.2) is 51.7 Å². The van der Waals surface area contributed by atoms with E-state index in [1.54, 1.807) is 11.8 Å². The smallest absolute Gasteiger partial charge is 0.336 e. The lowest BCUT2D eigenvalue weighted by atomic mass is 9.97. The quantitative estimate of drug-likeness (QED) is 0.382. The highest BCUT2D eigenvalue weighted by Crippen LogP contribution is 2.33. The first-order chi connectivity index (χ1) is 17.4. The number of unbranched alkanes of at least 4 members (excludes halogenated alkanes) is 1. The van der Waals surface area contributed by atoms with Crippen LogP contribution in [0.25, 0.3) is 21.9 Å². The Morgan fingerprint density at radius 3 is 2.89 bits per heavy atom. The largest absolute Gasteiger partial charge is 0.480 e. The molecular weight excluding hydrogens is 454 g/mol. The number of fused-ring (bicyclic) bond motifs is 4. The minimum Gasteiger partial charge on any atom is -0.480 e. The molecule has 4 aromatic rings. The number of aromatic amines is 1. The van der Waals surface area contributed by atoms with Gasteiger partial charge in [0.25, 0.3) is 5.91 Å². The zero-order valence-electron chi connectivity index (χ0n) is 20.8. The third-order valence-corrected chi connectivity index (χ3v) is 6.92. The Morgan fingerprint density at radius 1 is 1.31 bits per heavy atom. The van der Waals surface area contributed by atoms with E-state index in [1.807, 2.05) is 43.3 Å². The van der Waals surface area contributed by atoms with Crippen LogP contribution < -0.4 is 10.4 Å². The third kappa shape index (κ3) is 4.24. The summed E-state index contributed by atoms with van der Waals surface area (Å²) in [5, 5.41) is 11.7. The van der Waals surface area contributed by atoms with Gasteiger partial charge in [0, 0.05) is 29.1 Å². The number of rotatable bonds is 6. The van der Waals surface area contributed by atoms with E-state index >= 15 is 0 Å². The summed E-state index contributed by atoms with van der Waals surface area (Å²) in [6.07, 6.45) is 2.26. The molecule has 0 radical (unpaired) electrons. The summed E-state index contributed by atoms with van der Waals surface area (Å²) < 4.78 is 11.7. The number of para-hydroxylation sites is 1. The van der Waals surface area contributed by atoms with Gasteiger partial charge in [-0.25, -0.2) is 4.79 Å². The van der Waals surface area contributed by atoms with Gasteiger partial charge in [-0.1, -0.05) is 31.5 Å². The maximum Gasteiger partial charge on any atom is 0.336 e. The van der Waals surface area contributed by atoms with E-state index in [-0.39, 0.29) is 5.91 Å². The number of carbonyl (C=O) groups is 1. The molecule has 0 aliphatic carbocycles. The van der Waals surface area contributed by atoms with Crippen molar-refractivity contribution >= 4 is 27.8 Å². The van der Waals surface area contributed by atoms with Crippen LogP contribution in [0.2, 0.25) is 0 Å². The van der Waals surface area contributed by atoms with E-state index in [0.29, 0.717) is 30.7 Å². The number of nitriles is 1. The van der Waals surface area contributed by atoms with Gasteiger partial charge in [-0.2, -0.15) is 5.26 Å². The first kappa shape index (κ1) is 23.7. The van der Waals surface area contributed by atoms with Gasteiger partial charge in [0.15, 0.2) is 6.10 Å². The standard InChI is InChI=1S/C29H29N3O4/c1-4-5-8-19-13-27(33)36-26-12-17(2)11-25(28(19)26)35-18(3)29(34)32-16-24-22(14-20(32)15-30)21-9-6-7-10-23(21)31-24/h6-7,9-13,18,20,31H,4-5,8,14,16H2,1-3H3/t18-,20+/m1/s1. The third-order valence-electron chi connectivity index (χ3n) is 6.92. The highest BCUT2D eigenvalue weighted by molar-refractivity contribution is 5.89. The molecule has 0 saturated heterocycles. The topological polar surface area (TPSA) is 99.3 Å². The average molecular weight is 484 g/mol. The number of nitrogens with zero attached hydrogens (tertiary/aromatic N) is 2. The van der Waals surface area contributed by atoms with Crippen molar-refractivity contribution in [1.82, 2.24) is 9.88 Å². The molecule has 7 heteroatoms. The molecule has 0 spiro atoms. The van der Waals surface area contributed by atoms with Gasteiger partial charge < -0.3 is 19.0 Å². The van der Waals surface area contributed by atoms with Crippen molar-refractivity contribution in [3.8, 4) is 11.8 Å². The molecule has 2 aromatic carbocycles. The number of aryl methyl sites for hydroxylation is 2. The molecule has 7 nitrogen and oxygen atoms in total. The van der Waals surface area contributed by atoms with Crippen molar-refractivity contribution in [1.29, 1.82) is 5.26 Å². The number of hydrogen-bond acceptors (Lipinski definition) is 5. The molecule has 1 N–H and O–H groups in total. The highest BCUT2D eigenvalue weighted by atomic mass is 16.5. The molecular formula is C29H29N3O4. The molecule has 5 rings (SSSR count). The van der Waals surface area contributed by atoms with Gasteiger partial charge in [-0.15, -0.1) is 0 Å². The number of ether oxygens (including phenoxy) is 1. The zero-order valence-corrected chi connectivity index (χ0v) is 20.8. The minimum absolute atomic E-state index is 0.256. The lowest BCUT2D eigenvalue weighted by Gasteiger charge is -2.33. The lowest BCUT2D eigenvalue weighted by molar-refractivity contribution is -0.140. The average Bonchev–Trinajstić information content (AvgIpc) is 3.22. The number of carbonyl (C=O) groups excluding carboxylic acids is 1. The Labute approximate surface area is 209 Å². The summed E-state index contributed by atoms with van der Waals surface area (Å²) in [4.78, 5) is 30.8. The summed E-state index contributed by atoms with van der Waals surface area (Å²) in [5.74, 6) is 0.255. The summed E-state index contributed by atoms with van der Waals surface area (Å²) >= 11 is 0. The van der Waals surface area contributed by atoms with Gasteiger partial charge >= 0.3 is 5.63 Å². The molecule has 0 fully saturated rings. The van der Waals surface area contributed by atoms with Gasteiger partial charge in [0.2, 0.25) is 0 Å². The minimum atomic E-state index is -0.831. The second-order valence-electron chi connectivity index (χ2n) is 9.53. The number of H-pyrrole nitrogens is 1. The Bertz CT molecular complexity index is 1560.